The van der Waals surface area contributed by atoms with Crippen LogP contribution in [0, 0.1) is 12.3 Å². The maximum Gasteiger partial charge on any atom is 0.311 e. The van der Waals surface area contributed by atoms with Crippen molar-refractivity contribution < 1.29 is 19.4 Å². The summed E-state index contributed by atoms with van der Waals surface area (Å²) in [5.74, 6) is 1.19. The fourth-order valence-corrected chi connectivity index (χ4v) is 1.87. The summed E-state index contributed by atoms with van der Waals surface area (Å²) in [6.07, 6.45) is 1.91. The zero-order valence-corrected chi connectivity index (χ0v) is 15.8. The summed E-state index contributed by atoms with van der Waals surface area (Å²) in [4.78, 5) is 10.8. The second-order valence-electron chi connectivity index (χ2n) is 6.43. The molecule has 23 heavy (non-hydrogen) atoms. The quantitative estimate of drug-likeness (QED) is 0.789. The summed E-state index contributed by atoms with van der Waals surface area (Å²) in [6.45, 7) is 11.9. The van der Waals surface area contributed by atoms with E-state index in [4.69, 9.17) is 4.74 Å². The van der Waals surface area contributed by atoms with E-state index in [1.54, 1.807) is 7.11 Å². The second-order valence-corrected chi connectivity index (χ2v) is 6.43. The Morgan fingerprint density at radius 1 is 1.26 bits per heavy atom. The number of phenolic OH excluding ortho intramolecular Hbond substituents is 1. The molecule has 1 aromatic rings. The fraction of sp³-hybridized carbons (Fsp3) is 0.632. The first-order valence-corrected chi connectivity index (χ1v) is 8.10. The van der Waals surface area contributed by atoms with E-state index in [0.29, 0.717) is 11.7 Å². The number of ether oxygens (including phenoxy) is 2. The maximum atomic E-state index is 10.8. The standard InChI is InChI=1S/C12H18O2.C7H14O2/c1-5-8(2)10-6-9(3)12(13)11(7-10)14-4;1-5-7(2,3)6(8)9-4/h6-8,13H,5H2,1-4H3;5H2,1-4H3. The molecule has 4 heteroatoms. The second kappa shape index (κ2) is 9.43. The van der Waals surface area contributed by atoms with E-state index >= 15 is 0 Å². The smallest absolute Gasteiger partial charge is 0.311 e. The normalized spacial score (nSPS) is 12.0. The highest BCUT2D eigenvalue weighted by Gasteiger charge is 2.25. The van der Waals surface area contributed by atoms with Crippen LogP contribution in [0.15, 0.2) is 12.1 Å². The molecule has 0 aromatic heterocycles. The average molecular weight is 324 g/mol. The van der Waals surface area contributed by atoms with Gasteiger partial charge in [0.2, 0.25) is 0 Å². The molecule has 0 amide bonds. The van der Waals surface area contributed by atoms with Crippen molar-refractivity contribution in [3.8, 4) is 11.5 Å². The molecule has 0 spiro atoms. The van der Waals surface area contributed by atoms with Crippen molar-refractivity contribution in [2.75, 3.05) is 14.2 Å². The Labute approximate surface area is 140 Å². The van der Waals surface area contributed by atoms with E-state index in [2.05, 4.69) is 18.6 Å². The summed E-state index contributed by atoms with van der Waals surface area (Å²) >= 11 is 0. The molecule has 0 aliphatic heterocycles. The molecule has 0 aliphatic carbocycles. The van der Waals surface area contributed by atoms with Crippen LogP contribution in [0.2, 0.25) is 0 Å². The summed E-state index contributed by atoms with van der Waals surface area (Å²) < 4.78 is 9.68. The molecule has 0 saturated carbocycles. The Balaban J connectivity index is 0.000000468. The van der Waals surface area contributed by atoms with Gasteiger partial charge in [0.05, 0.1) is 19.6 Å². The number of hydrogen-bond acceptors (Lipinski definition) is 4. The number of aromatic hydroxyl groups is 1. The summed E-state index contributed by atoms with van der Waals surface area (Å²) in [5.41, 5.74) is 1.79. The molecule has 1 N–H and O–H groups in total. The van der Waals surface area contributed by atoms with Gasteiger partial charge in [-0.25, -0.2) is 0 Å². The minimum absolute atomic E-state index is 0.134. The third kappa shape index (κ3) is 6.12. The van der Waals surface area contributed by atoms with Gasteiger partial charge in [0.1, 0.15) is 0 Å². The molecular formula is C19H32O4. The largest absolute Gasteiger partial charge is 0.504 e. The van der Waals surface area contributed by atoms with Crippen LogP contribution in [0.4, 0.5) is 0 Å². The molecule has 1 unspecified atom stereocenters. The third-order valence-corrected chi connectivity index (χ3v) is 4.31. The first-order chi connectivity index (χ1) is 10.6. The lowest BCUT2D eigenvalue weighted by Gasteiger charge is -2.17. The van der Waals surface area contributed by atoms with E-state index < -0.39 is 0 Å². The average Bonchev–Trinajstić information content (AvgIpc) is 2.55. The molecule has 0 bridgehead atoms. The maximum absolute atomic E-state index is 10.8. The van der Waals surface area contributed by atoms with E-state index in [1.807, 2.05) is 39.8 Å². The Bertz CT molecular complexity index is 506. The minimum atomic E-state index is -0.311. The zero-order valence-electron chi connectivity index (χ0n) is 15.8. The third-order valence-electron chi connectivity index (χ3n) is 4.31. The van der Waals surface area contributed by atoms with Gasteiger partial charge in [0, 0.05) is 0 Å². The number of phenols is 1. The molecule has 1 rings (SSSR count). The van der Waals surface area contributed by atoms with Crippen molar-refractivity contribution in [1.82, 2.24) is 0 Å². The topological polar surface area (TPSA) is 55.8 Å². The van der Waals surface area contributed by atoms with Gasteiger partial charge in [-0.2, -0.15) is 0 Å². The van der Waals surface area contributed by atoms with Crippen LogP contribution in [0.3, 0.4) is 0 Å². The number of carbonyl (C=O) groups is 1. The molecule has 4 nitrogen and oxygen atoms in total. The van der Waals surface area contributed by atoms with Gasteiger partial charge in [0.15, 0.2) is 11.5 Å². The predicted molar refractivity (Wildman–Crippen MR) is 94.2 cm³/mol. The van der Waals surface area contributed by atoms with Crippen LogP contribution in [0.5, 0.6) is 11.5 Å². The van der Waals surface area contributed by atoms with Gasteiger partial charge in [-0.1, -0.05) is 26.8 Å². The molecule has 0 radical (unpaired) electrons. The lowest BCUT2D eigenvalue weighted by Crippen LogP contribution is -2.24. The number of esters is 1. The van der Waals surface area contributed by atoms with Crippen LogP contribution in [0.25, 0.3) is 0 Å². The first-order valence-electron chi connectivity index (χ1n) is 8.10. The van der Waals surface area contributed by atoms with E-state index in [0.717, 1.165) is 18.4 Å². The van der Waals surface area contributed by atoms with Gasteiger partial charge >= 0.3 is 5.97 Å². The number of aryl methyl sites for hydroxylation is 1. The number of rotatable bonds is 5. The molecule has 0 fully saturated rings. The van der Waals surface area contributed by atoms with Crippen molar-refractivity contribution >= 4 is 5.97 Å². The summed E-state index contributed by atoms with van der Waals surface area (Å²) in [5, 5.41) is 9.65. The first kappa shape index (κ1) is 21.3. The monoisotopic (exact) mass is 324 g/mol. The SMILES string of the molecule is CCC(C)(C)C(=O)OC.CCC(C)c1cc(C)c(O)c(OC)c1. The van der Waals surface area contributed by atoms with Gasteiger partial charge in [-0.15, -0.1) is 0 Å². The Morgan fingerprint density at radius 2 is 1.83 bits per heavy atom. The van der Waals surface area contributed by atoms with Crippen LogP contribution >= 0.6 is 0 Å². The van der Waals surface area contributed by atoms with Crippen molar-refractivity contribution in [3.05, 3.63) is 23.3 Å². The van der Waals surface area contributed by atoms with E-state index in [9.17, 15) is 9.90 Å². The van der Waals surface area contributed by atoms with Crippen molar-refractivity contribution in [2.24, 2.45) is 5.41 Å². The van der Waals surface area contributed by atoms with Gasteiger partial charge in [-0.05, 0) is 56.7 Å². The minimum Gasteiger partial charge on any atom is -0.504 e. The number of benzene rings is 1. The van der Waals surface area contributed by atoms with Crippen molar-refractivity contribution in [1.29, 1.82) is 0 Å². The summed E-state index contributed by atoms with van der Waals surface area (Å²) in [7, 11) is 2.99. The number of carbonyl (C=O) groups excluding carboxylic acids is 1. The molecule has 132 valence electrons. The number of methoxy groups -OCH3 is 2. The van der Waals surface area contributed by atoms with Crippen molar-refractivity contribution in [3.63, 3.8) is 0 Å². The summed E-state index contributed by atoms with van der Waals surface area (Å²) in [6, 6.07) is 3.93. The van der Waals surface area contributed by atoms with Gasteiger partial charge < -0.3 is 14.6 Å². The molecule has 1 aromatic carbocycles. The lowest BCUT2D eigenvalue weighted by molar-refractivity contribution is -0.150. The zero-order chi connectivity index (χ0) is 18.2. The van der Waals surface area contributed by atoms with Gasteiger partial charge in [0.25, 0.3) is 0 Å². The highest BCUT2D eigenvalue weighted by atomic mass is 16.5. The fourth-order valence-electron chi connectivity index (χ4n) is 1.87. The highest BCUT2D eigenvalue weighted by molar-refractivity contribution is 5.75. The van der Waals surface area contributed by atoms with Crippen LogP contribution in [0.1, 0.15) is 64.5 Å². The van der Waals surface area contributed by atoms with Crippen LogP contribution in [-0.2, 0) is 9.53 Å². The number of hydrogen-bond donors (Lipinski definition) is 1. The van der Waals surface area contributed by atoms with Crippen LogP contribution < -0.4 is 4.74 Å². The molecular weight excluding hydrogens is 292 g/mol. The molecule has 1 atom stereocenters. The Hall–Kier alpha value is -1.71. The van der Waals surface area contributed by atoms with Crippen molar-refractivity contribution in [2.45, 2.75) is 60.3 Å². The van der Waals surface area contributed by atoms with E-state index in [1.165, 1.54) is 12.7 Å². The van der Waals surface area contributed by atoms with Gasteiger partial charge in [-0.3, -0.25) is 4.79 Å². The Kier molecular flexibility index (Phi) is 8.73. The molecule has 0 aliphatic rings. The molecule has 0 saturated heterocycles. The Morgan fingerprint density at radius 3 is 2.17 bits per heavy atom. The highest BCUT2D eigenvalue weighted by Crippen LogP contribution is 2.34. The predicted octanol–water partition coefficient (Wildman–Crippen LogP) is 4.82. The van der Waals surface area contributed by atoms with Crippen LogP contribution in [-0.4, -0.2) is 25.3 Å². The lowest BCUT2D eigenvalue weighted by atomic mass is 9.91. The van der Waals surface area contributed by atoms with E-state index in [-0.39, 0.29) is 17.1 Å². The molecule has 0 heterocycles.